The van der Waals surface area contributed by atoms with E-state index in [0.717, 1.165) is 12.1 Å². The van der Waals surface area contributed by atoms with Gasteiger partial charge in [-0.05, 0) is 18.9 Å². The molecule has 5 nitrogen and oxygen atoms in total. The summed E-state index contributed by atoms with van der Waals surface area (Å²) in [5, 5.41) is 0. The zero-order chi connectivity index (χ0) is 15.1. The van der Waals surface area contributed by atoms with Crippen molar-refractivity contribution in [3.8, 4) is 0 Å². The van der Waals surface area contributed by atoms with E-state index >= 15 is 0 Å². The highest BCUT2D eigenvalue weighted by Crippen LogP contribution is 2.05. The predicted octanol–water partition coefficient (Wildman–Crippen LogP) is 2.27. The maximum atomic E-state index is 12.4. The lowest BCUT2D eigenvalue weighted by Crippen LogP contribution is -2.37. The Hall–Kier alpha value is -1.69. The highest BCUT2D eigenvalue weighted by atomic mass is 35.5. The van der Waals surface area contributed by atoms with E-state index in [-0.39, 0.29) is 30.7 Å². The second-order valence-corrected chi connectivity index (χ2v) is 4.86. The third-order valence-corrected chi connectivity index (χ3v) is 3.20. The van der Waals surface area contributed by atoms with Gasteiger partial charge in [-0.1, -0.05) is 30.3 Å². The molecule has 126 valence electrons. The van der Waals surface area contributed by atoms with Gasteiger partial charge in [0.15, 0.2) is 0 Å². The number of aromatic nitrogens is 2. The molecule has 0 unspecified atom stereocenters. The lowest BCUT2D eigenvalue weighted by Gasteiger charge is -2.21. The Morgan fingerprint density at radius 2 is 1.78 bits per heavy atom. The summed E-state index contributed by atoms with van der Waals surface area (Å²) in [5.41, 5.74) is 7.96. The normalized spacial score (nSPS) is 9.48. The Kier molecular flexibility index (Phi) is 10.1. The molecule has 1 aromatic heterocycles. The summed E-state index contributed by atoms with van der Waals surface area (Å²) in [6.07, 6.45) is 3.92. The minimum absolute atomic E-state index is 0. The second kappa shape index (κ2) is 10.9. The number of hydrogen-bond acceptors (Lipinski definition) is 4. The third-order valence-electron chi connectivity index (χ3n) is 3.20. The number of aryl methyl sites for hydroxylation is 1. The summed E-state index contributed by atoms with van der Waals surface area (Å²) in [6.45, 7) is 3.41. The smallest absolute Gasteiger partial charge is 0.274 e. The van der Waals surface area contributed by atoms with Gasteiger partial charge in [-0.3, -0.25) is 9.78 Å². The maximum absolute atomic E-state index is 12.4. The molecule has 0 aliphatic heterocycles. The molecule has 7 heteroatoms. The number of carbonyl (C=O) groups is 1. The Morgan fingerprint density at radius 1 is 1.09 bits per heavy atom. The van der Waals surface area contributed by atoms with E-state index in [1.807, 2.05) is 25.1 Å². The van der Waals surface area contributed by atoms with Gasteiger partial charge in [0.1, 0.15) is 5.69 Å². The van der Waals surface area contributed by atoms with Crippen molar-refractivity contribution in [2.75, 3.05) is 19.6 Å². The Bertz CT molecular complexity index is 578. The Labute approximate surface area is 149 Å². The first-order valence-corrected chi connectivity index (χ1v) is 7.02. The van der Waals surface area contributed by atoms with Crippen LogP contribution in [-0.2, 0) is 6.42 Å². The number of halogens is 2. The lowest BCUT2D eigenvalue weighted by molar-refractivity contribution is 0.0755. The molecule has 2 N–H and O–H groups in total. The number of nitrogens with zero attached hydrogens (tertiary/aromatic N) is 3. The molecule has 1 aromatic carbocycles. The van der Waals surface area contributed by atoms with Crippen molar-refractivity contribution in [1.82, 2.24) is 14.9 Å². The van der Waals surface area contributed by atoms with E-state index in [9.17, 15) is 4.79 Å². The number of benzene rings is 1. The molecule has 0 spiro atoms. The molecule has 0 aliphatic carbocycles. The van der Waals surface area contributed by atoms with Gasteiger partial charge in [0, 0.05) is 25.8 Å². The van der Waals surface area contributed by atoms with Crippen LogP contribution in [0.3, 0.4) is 0 Å². The molecule has 2 aromatic rings. The van der Waals surface area contributed by atoms with Gasteiger partial charge in [0.05, 0.1) is 11.9 Å². The topological polar surface area (TPSA) is 72.1 Å². The van der Waals surface area contributed by atoms with Crippen molar-refractivity contribution >= 4 is 30.7 Å². The monoisotopic (exact) mass is 356 g/mol. The number of carbonyl (C=O) groups excluding carboxylic acids is 1. The summed E-state index contributed by atoms with van der Waals surface area (Å²) in [4.78, 5) is 22.4. The SMILES string of the molecule is Cc1cnc(C(=O)N(CCN)CCc2ccccc2)cn1.Cl.Cl. The van der Waals surface area contributed by atoms with Crippen LogP contribution in [-0.4, -0.2) is 40.4 Å². The number of amides is 1. The van der Waals surface area contributed by atoms with Crippen molar-refractivity contribution in [1.29, 1.82) is 0 Å². The van der Waals surface area contributed by atoms with Crippen LogP contribution in [0.4, 0.5) is 0 Å². The van der Waals surface area contributed by atoms with Crippen molar-refractivity contribution in [2.24, 2.45) is 5.73 Å². The lowest BCUT2D eigenvalue weighted by atomic mass is 10.1. The van der Waals surface area contributed by atoms with E-state index in [2.05, 4.69) is 22.1 Å². The standard InChI is InChI=1S/C16H20N4O.2ClH/c1-13-11-19-15(12-18-13)16(21)20(10-8-17)9-7-14-5-3-2-4-6-14;;/h2-6,11-12H,7-10,17H2,1H3;2*1H. The van der Waals surface area contributed by atoms with Crippen LogP contribution in [0, 0.1) is 6.92 Å². The molecule has 2 rings (SSSR count). The molecule has 0 radical (unpaired) electrons. The van der Waals surface area contributed by atoms with Crippen LogP contribution in [0.15, 0.2) is 42.7 Å². The van der Waals surface area contributed by atoms with E-state index < -0.39 is 0 Å². The van der Waals surface area contributed by atoms with Gasteiger partial charge in [0.25, 0.3) is 5.91 Å². The Morgan fingerprint density at radius 3 is 2.35 bits per heavy atom. The molecule has 0 saturated heterocycles. The first-order valence-electron chi connectivity index (χ1n) is 7.02. The van der Waals surface area contributed by atoms with Crippen LogP contribution in [0.1, 0.15) is 21.7 Å². The fraction of sp³-hybridized carbons (Fsp3) is 0.312. The summed E-state index contributed by atoms with van der Waals surface area (Å²) in [7, 11) is 0. The van der Waals surface area contributed by atoms with Crippen LogP contribution in [0.25, 0.3) is 0 Å². The number of hydrogen-bond donors (Lipinski definition) is 1. The average Bonchev–Trinajstić information content (AvgIpc) is 2.52. The van der Waals surface area contributed by atoms with Gasteiger partial charge >= 0.3 is 0 Å². The molecule has 0 atom stereocenters. The van der Waals surface area contributed by atoms with E-state index in [0.29, 0.717) is 25.3 Å². The zero-order valence-electron chi connectivity index (χ0n) is 13.0. The quantitative estimate of drug-likeness (QED) is 0.861. The molecule has 0 fully saturated rings. The summed E-state index contributed by atoms with van der Waals surface area (Å²) >= 11 is 0. The first-order chi connectivity index (χ1) is 10.2. The number of nitrogens with two attached hydrogens (primary N) is 1. The first kappa shape index (κ1) is 21.3. The van der Waals surface area contributed by atoms with E-state index in [1.54, 1.807) is 11.1 Å². The molecule has 23 heavy (non-hydrogen) atoms. The molecule has 0 aliphatic rings. The fourth-order valence-corrected chi connectivity index (χ4v) is 2.04. The predicted molar refractivity (Wildman–Crippen MR) is 96.4 cm³/mol. The highest BCUT2D eigenvalue weighted by Gasteiger charge is 2.16. The molecule has 1 amide bonds. The van der Waals surface area contributed by atoms with Crippen LogP contribution in [0.5, 0.6) is 0 Å². The second-order valence-electron chi connectivity index (χ2n) is 4.86. The van der Waals surface area contributed by atoms with Crippen molar-refractivity contribution < 1.29 is 4.79 Å². The molecule has 0 saturated carbocycles. The summed E-state index contributed by atoms with van der Waals surface area (Å²) < 4.78 is 0. The zero-order valence-corrected chi connectivity index (χ0v) is 14.6. The Balaban J connectivity index is 0.00000242. The van der Waals surface area contributed by atoms with Crippen LogP contribution < -0.4 is 5.73 Å². The van der Waals surface area contributed by atoms with Gasteiger partial charge in [-0.2, -0.15) is 0 Å². The summed E-state index contributed by atoms with van der Waals surface area (Å²) in [6, 6.07) is 10.1. The van der Waals surface area contributed by atoms with Gasteiger partial charge in [-0.15, -0.1) is 24.8 Å². The third kappa shape index (κ3) is 6.52. The van der Waals surface area contributed by atoms with E-state index in [4.69, 9.17) is 5.73 Å². The van der Waals surface area contributed by atoms with Crippen molar-refractivity contribution in [3.63, 3.8) is 0 Å². The number of rotatable bonds is 6. The van der Waals surface area contributed by atoms with Gasteiger partial charge in [-0.25, -0.2) is 4.98 Å². The maximum Gasteiger partial charge on any atom is 0.274 e. The van der Waals surface area contributed by atoms with Gasteiger partial charge < -0.3 is 10.6 Å². The minimum atomic E-state index is -0.121. The molecular weight excluding hydrogens is 335 g/mol. The average molecular weight is 357 g/mol. The van der Waals surface area contributed by atoms with Crippen LogP contribution in [0.2, 0.25) is 0 Å². The highest BCUT2D eigenvalue weighted by molar-refractivity contribution is 5.92. The molecule has 1 heterocycles. The largest absolute Gasteiger partial charge is 0.336 e. The molecular formula is C16H22Cl2N4O. The van der Waals surface area contributed by atoms with E-state index in [1.165, 1.54) is 11.8 Å². The van der Waals surface area contributed by atoms with Crippen molar-refractivity contribution in [2.45, 2.75) is 13.3 Å². The molecule has 0 bridgehead atoms. The fourth-order valence-electron chi connectivity index (χ4n) is 2.04. The minimum Gasteiger partial charge on any atom is -0.336 e. The van der Waals surface area contributed by atoms with Crippen molar-refractivity contribution in [3.05, 3.63) is 59.7 Å². The van der Waals surface area contributed by atoms with Crippen LogP contribution >= 0.6 is 24.8 Å². The summed E-state index contributed by atoms with van der Waals surface area (Å²) in [5.74, 6) is -0.121. The van der Waals surface area contributed by atoms with Gasteiger partial charge in [0.2, 0.25) is 0 Å².